The summed E-state index contributed by atoms with van der Waals surface area (Å²) in [5.41, 5.74) is 2.27. The SMILES string of the molecule is CCOc1ccc(/C(O)=C2/C(=O)C(=O)N(CCCN(C)C)C2c2ccncc2)cc1C(C)C. The number of aromatic nitrogens is 1. The number of carbonyl (C=O) groups is 2. The van der Waals surface area contributed by atoms with E-state index in [1.807, 2.05) is 51.9 Å². The Bertz CT molecular complexity index is 1030. The Morgan fingerprint density at radius 2 is 1.88 bits per heavy atom. The lowest BCUT2D eigenvalue weighted by Gasteiger charge is -2.26. The van der Waals surface area contributed by atoms with Gasteiger partial charge < -0.3 is 19.6 Å². The van der Waals surface area contributed by atoms with Crippen LogP contribution >= 0.6 is 0 Å². The minimum atomic E-state index is -0.667. The molecule has 1 aliphatic rings. The smallest absolute Gasteiger partial charge is 0.295 e. The van der Waals surface area contributed by atoms with Crippen molar-refractivity contribution in [3.8, 4) is 5.75 Å². The van der Waals surface area contributed by atoms with E-state index in [0.29, 0.717) is 25.1 Å². The van der Waals surface area contributed by atoms with Gasteiger partial charge in [-0.1, -0.05) is 13.8 Å². The summed E-state index contributed by atoms with van der Waals surface area (Å²) in [5, 5.41) is 11.3. The molecule has 0 bridgehead atoms. The third kappa shape index (κ3) is 5.25. The average Bonchev–Trinajstić information content (AvgIpc) is 3.04. The summed E-state index contributed by atoms with van der Waals surface area (Å²) >= 11 is 0. The maximum atomic E-state index is 13.1. The zero-order chi connectivity index (χ0) is 24.1. The minimum absolute atomic E-state index is 0.106. The number of ether oxygens (including phenoxy) is 1. The molecule has 2 heterocycles. The number of pyridine rings is 1. The van der Waals surface area contributed by atoms with Gasteiger partial charge in [0.1, 0.15) is 11.5 Å². The summed E-state index contributed by atoms with van der Waals surface area (Å²) in [6.45, 7) is 7.73. The van der Waals surface area contributed by atoms with E-state index in [1.54, 1.807) is 35.5 Å². The number of ketones is 1. The second-order valence-corrected chi connectivity index (χ2v) is 8.77. The maximum absolute atomic E-state index is 13.1. The Labute approximate surface area is 195 Å². The summed E-state index contributed by atoms with van der Waals surface area (Å²) in [7, 11) is 3.93. The van der Waals surface area contributed by atoms with Gasteiger partial charge in [0.05, 0.1) is 18.2 Å². The number of Topliss-reactive ketones (excluding diaryl/α,β-unsaturated/α-hetero) is 1. The van der Waals surface area contributed by atoms with Gasteiger partial charge in [-0.05, 0) is 81.4 Å². The standard InChI is InChI=1S/C26H33N3O4/c1-6-33-21-9-8-19(16-20(21)17(2)3)24(30)22-23(18-10-12-27-13-11-18)29(26(32)25(22)31)15-7-14-28(4)5/h8-13,16-17,23,30H,6-7,14-15H2,1-5H3/b24-22-. The van der Waals surface area contributed by atoms with Gasteiger partial charge in [-0.2, -0.15) is 0 Å². The average molecular weight is 452 g/mol. The zero-order valence-corrected chi connectivity index (χ0v) is 20.0. The highest BCUT2D eigenvalue weighted by atomic mass is 16.5. The van der Waals surface area contributed by atoms with Crippen molar-refractivity contribution in [1.29, 1.82) is 0 Å². The molecule has 0 spiro atoms. The van der Waals surface area contributed by atoms with Crippen LogP contribution in [0.25, 0.3) is 5.76 Å². The summed E-state index contributed by atoms with van der Waals surface area (Å²) < 4.78 is 5.73. The van der Waals surface area contributed by atoms with Crippen LogP contribution < -0.4 is 4.74 Å². The molecule has 2 aromatic rings. The van der Waals surface area contributed by atoms with Crippen molar-refractivity contribution >= 4 is 17.4 Å². The number of carbonyl (C=O) groups excluding carboxylic acids is 2. The van der Waals surface area contributed by atoms with Gasteiger partial charge >= 0.3 is 0 Å². The van der Waals surface area contributed by atoms with Crippen molar-refractivity contribution in [3.63, 3.8) is 0 Å². The number of rotatable bonds is 9. The van der Waals surface area contributed by atoms with Gasteiger partial charge in [0.2, 0.25) is 0 Å². The Kier molecular flexibility index (Phi) is 7.87. The first-order valence-corrected chi connectivity index (χ1v) is 11.4. The molecule has 1 aliphatic heterocycles. The minimum Gasteiger partial charge on any atom is -0.507 e. The topological polar surface area (TPSA) is 83.0 Å². The first-order valence-electron chi connectivity index (χ1n) is 11.4. The molecule has 1 aromatic carbocycles. The van der Waals surface area contributed by atoms with Crippen LogP contribution in [-0.2, 0) is 9.59 Å². The van der Waals surface area contributed by atoms with Crippen LogP contribution in [0.4, 0.5) is 0 Å². The molecule has 0 radical (unpaired) electrons. The number of nitrogens with zero attached hydrogens (tertiary/aromatic N) is 3. The monoisotopic (exact) mass is 451 g/mol. The first kappa shape index (κ1) is 24.5. The number of likely N-dealkylation sites (tertiary alicyclic amines) is 1. The van der Waals surface area contributed by atoms with Crippen LogP contribution in [0.1, 0.15) is 55.8 Å². The van der Waals surface area contributed by atoms with E-state index in [2.05, 4.69) is 4.98 Å². The van der Waals surface area contributed by atoms with Gasteiger partial charge in [0, 0.05) is 24.5 Å². The quantitative estimate of drug-likeness (QED) is 0.353. The van der Waals surface area contributed by atoms with Crippen LogP contribution in [0.5, 0.6) is 5.75 Å². The number of aliphatic hydroxyl groups is 1. The van der Waals surface area contributed by atoms with E-state index in [0.717, 1.165) is 23.4 Å². The summed E-state index contributed by atoms with van der Waals surface area (Å²) in [6, 6.07) is 8.27. The second-order valence-electron chi connectivity index (χ2n) is 8.77. The van der Waals surface area contributed by atoms with Crippen LogP contribution in [0.15, 0.2) is 48.3 Å². The zero-order valence-electron chi connectivity index (χ0n) is 20.0. The van der Waals surface area contributed by atoms with Crippen molar-refractivity contribution in [3.05, 3.63) is 65.0 Å². The Balaban J connectivity index is 2.10. The number of hydrogen-bond acceptors (Lipinski definition) is 6. The van der Waals surface area contributed by atoms with E-state index >= 15 is 0 Å². The molecule has 0 aliphatic carbocycles. The number of benzene rings is 1. The fraction of sp³-hybridized carbons (Fsp3) is 0.423. The summed E-state index contributed by atoms with van der Waals surface area (Å²) in [4.78, 5) is 33.8. The van der Waals surface area contributed by atoms with Crippen molar-refractivity contribution in [2.24, 2.45) is 0 Å². The third-order valence-corrected chi connectivity index (χ3v) is 5.77. The fourth-order valence-corrected chi connectivity index (χ4v) is 4.15. The van der Waals surface area contributed by atoms with Crippen LogP contribution in [0.3, 0.4) is 0 Å². The molecule has 0 saturated carbocycles. The van der Waals surface area contributed by atoms with E-state index in [4.69, 9.17) is 4.74 Å². The molecule has 1 amide bonds. The third-order valence-electron chi connectivity index (χ3n) is 5.77. The molecule has 7 nitrogen and oxygen atoms in total. The lowest BCUT2D eigenvalue weighted by Crippen LogP contribution is -2.32. The number of amides is 1. The molecule has 3 rings (SSSR count). The van der Waals surface area contributed by atoms with Crippen LogP contribution in [0.2, 0.25) is 0 Å². The highest BCUT2D eigenvalue weighted by Gasteiger charge is 2.45. The Morgan fingerprint density at radius 1 is 1.18 bits per heavy atom. The van der Waals surface area contributed by atoms with Crippen molar-refractivity contribution < 1.29 is 19.4 Å². The van der Waals surface area contributed by atoms with Gasteiger partial charge in [-0.15, -0.1) is 0 Å². The van der Waals surface area contributed by atoms with Gasteiger partial charge in [-0.25, -0.2) is 0 Å². The molecule has 33 heavy (non-hydrogen) atoms. The maximum Gasteiger partial charge on any atom is 0.295 e. The van der Waals surface area contributed by atoms with Crippen LogP contribution in [-0.4, -0.2) is 65.4 Å². The first-order chi connectivity index (χ1) is 15.8. The molecule has 1 N–H and O–H groups in total. The molecule has 176 valence electrons. The molecule has 1 unspecified atom stereocenters. The predicted molar refractivity (Wildman–Crippen MR) is 128 cm³/mol. The van der Waals surface area contributed by atoms with Crippen molar-refractivity contribution in [2.45, 2.75) is 39.2 Å². The predicted octanol–water partition coefficient (Wildman–Crippen LogP) is 3.98. The van der Waals surface area contributed by atoms with Gasteiger partial charge in [-0.3, -0.25) is 14.6 Å². The molecule has 1 aromatic heterocycles. The number of aliphatic hydroxyl groups excluding tert-OH is 1. The largest absolute Gasteiger partial charge is 0.507 e. The Morgan fingerprint density at radius 3 is 2.48 bits per heavy atom. The molecule has 1 atom stereocenters. The van der Waals surface area contributed by atoms with E-state index in [-0.39, 0.29) is 17.3 Å². The van der Waals surface area contributed by atoms with Crippen molar-refractivity contribution in [1.82, 2.24) is 14.8 Å². The normalized spacial score (nSPS) is 17.9. The highest BCUT2D eigenvalue weighted by molar-refractivity contribution is 6.46. The summed E-state index contributed by atoms with van der Waals surface area (Å²) in [6.07, 6.45) is 3.97. The lowest BCUT2D eigenvalue weighted by molar-refractivity contribution is -0.139. The second kappa shape index (κ2) is 10.6. The molecule has 1 fully saturated rings. The molecule has 7 heteroatoms. The highest BCUT2D eigenvalue weighted by Crippen LogP contribution is 2.40. The Hall–Kier alpha value is -3.19. The van der Waals surface area contributed by atoms with E-state index < -0.39 is 17.7 Å². The van der Waals surface area contributed by atoms with Gasteiger partial charge in [0.25, 0.3) is 11.7 Å². The van der Waals surface area contributed by atoms with Crippen LogP contribution in [0, 0.1) is 0 Å². The molecular weight excluding hydrogens is 418 g/mol. The van der Waals surface area contributed by atoms with E-state index in [1.165, 1.54) is 0 Å². The molecule has 1 saturated heterocycles. The molecular formula is C26H33N3O4. The van der Waals surface area contributed by atoms with Gasteiger partial charge in [0.15, 0.2) is 0 Å². The van der Waals surface area contributed by atoms with Crippen molar-refractivity contribution in [2.75, 3.05) is 33.8 Å². The number of hydrogen-bond donors (Lipinski definition) is 1. The summed E-state index contributed by atoms with van der Waals surface area (Å²) in [5.74, 6) is -0.524. The lowest BCUT2D eigenvalue weighted by atomic mass is 9.93. The fourth-order valence-electron chi connectivity index (χ4n) is 4.15. The van der Waals surface area contributed by atoms with E-state index in [9.17, 15) is 14.7 Å².